The summed E-state index contributed by atoms with van der Waals surface area (Å²) in [5.41, 5.74) is 0.822. The number of likely N-dealkylation sites (tertiary alicyclic amines) is 1. The second-order valence-electron chi connectivity index (χ2n) is 6.79. The lowest BCUT2D eigenvalue weighted by molar-refractivity contribution is -0.145. The summed E-state index contributed by atoms with van der Waals surface area (Å²) in [5, 5.41) is 6.11. The third-order valence-electron chi connectivity index (χ3n) is 4.70. The maximum atomic E-state index is 12.0. The van der Waals surface area contributed by atoms with Crippen LogP contribution in [0, 0.1) is 18.8 Å². The summed E-state index contributed by atoms with van der Waals surface area (Å²) in [7, 11) is 1.43. The van der Waals surface area contributed by atoms with Crippen LogP contribution in [0.4, 0.5) is 0 Å². The molecule has 1 aromatic rings. The summed E-state index contributed by atoms with van der Waals surface area (Å²) in [4.78, 5) is 30.6. The molecule has 2 atom stereocenters. The number of carbonyl (C=O) groups is 2. The summed E-state index contributed by atoms with van der Waals surface area (Å²) in [6.07, 6.45) is 2.22. The van der Waals surface area contributed by atoms with Gasteiger partial charge in [0.05, 0.1) is 19.3 Å². The molecule has 0 saturated carbocycles. The standard InChI is InChI=1S/C19H30N4O4/c1-5-20-19(23-11-14(3)15(12-23)18(25)26-4)22-9-6-8-21-17(24)16-13(2)7-10-27-16/h7,10,14-15H,5-6,8-9,11-12H2,1-4H3,(H,20,22)(H,21,24). The van der Waals surface area contributed by atoms with Gasteiger partial charge in [-0.2, -0.15) is 0 Å². The number of hydrogen-bond donors (Lipinski definition) is 2. The first kappa shape index (κ1) is 20.8. The monoisotopic (exact) mass is 378 g/mol. The van der Waals surface area contributed by atoms with E-state index in [-0.39, 0.29) is 23.7 Å². The Kier molecular flexibility index (Phi) is 7.69. The number of methoxy groups -OCH3 is 1. The molecule has 0 aliphatic carbocycles. The average molecular weight is 378 g/mol. The molecule has 2 heterocycles. The van der Waals surface area contributed by atoms with Crippen LogP contribution in [0.25, 0.3) is 0 Å². The van der Waals surface area contributed by atoms with E-state index < -0.39 is 0 Å². The van der Waals surface area contributed by atoms with Gasteiger partial charge in [0.15, 0.2) is 11.7 Å². The van der Waals surface area contributed by atoms with Crippen LogP contribution < -0.4 is 10.6 Å². The lowest BCUT2D eigenvalue weighted by atomic mass is 9.99. The predicted molar refractivity (Wildman–Crippen MR) is 103 cm³/mol. The molecule has 1 amide bonds. The number of aliphatic imine (C=N–C) groups is 1. The first-order valence-electron chi connectivity index (χ1n) is 9.41. The van der Waals surface area contributed by atoms with E-state index in [0.717, 1.165) is 24.6 Å². The van der Waals surface area contributed by atoms with Crippen LogP contribution in [0.2, 0.25) is 0 Å². The lowest BCUT2D eigenvalue weighted by Gasteiger charge is -2.21. The largest absolute Gasteiger partial charge is 0.469 e. The lowest BCUT2D eigenvalue weighted by Crippen LogP contribution is -2.40. The van der Waals surface area contributed by atoms with Crippen molar-refractivity contribution in [2.75, 3.05) is 39.8 Å². The number of ether oxygens (including phenoxy) is 1. The van der Waals surface area contributed by atoms with Crippen LogP contribution >= 0.6 is 0 Å². The molecule has 2 N–H and O–H groups in total. The second-order valence-corrected chi connectivity index (χ2v) is 6.79. The quantitative estimate of drug-likeness (QED) is 0.322. The van der Waals surface area contributed by atoms with Crippen molar-refractivity contribution in [2.45, 2.75) is 27.2 Å². The molecule has 0 radical (unpaired) electrons. The molecular weight excluding hydrogens is 348 g/mol. The normalized spacial score (nSPS) is 19.9. The van der Waals surface area contributed by atoms with Crippen molar-refractivity contribution in [1.29, 1.82) is 0 Å². The van der Waals surface area contributed by atoms with Crippen molar-refractivity contribution >= 4 is 17.8 Å². The maximum absolute atomic E-state index is 12.0. The first-order valence-corrected chi connectivity index (χ1v) is 9.41. The van der Waals surface area contributed by atoms with E-state index >= 15 is 0 Å². The third kappa shape index (κ3) is 5.48. The maximum Gasteiger partial charge on any atom is 0.310 e. The zero-order valence-corrected chi connectivity index (χ0v) is 16.6. The molecule has 1 saturated heterocycles. The highest BCUT2D eigenvalue weighted by molar-refractivity contribution is 5.92. The minimum atomic E-state index is -0.206. The zero-order valence-electron chi connectivity index (χ0n) is 16.6. The van der Waals surface area contributed by atoms with Crippen molar-refractivity contribution < 1.29 is 18.7 Å². The minimum Gasteiger partial charge on any atom is -0.469 e. The van der Waals surface area contributed by atoms with Crippen molar-refractivity contribution in [1.82, 2.24) is 15.5 Å². The number of rotatable bonds is 7. The molecule has 1 fully saturated rings. The van der Waals surface area contributed by atoms with Gasteiger partial charge in [-0.3, -0.25) is 14.6 Å². The third-order valence-corrected chi connectivity index (χ3v) is 4.70. The number of furan rings is 1. The molecule has 2 rings (SSSR count). The van der Waals surface area contributed by atoms with Crippen LogP contribution in [0.3, 0.4) is 0 Å². The molecule has 150 valence electrons. The van der Waals surface area contributed by atoms with Gasteiger partial charge in [0, 0.05) is 38.3 Å². The average Bonchev–Trinajstić information content (AvgIpc) is 3.25. The SMILES string of the molecule is CCNC(=NCCCNC(=O)c1occc1C)N1CC(C)C(C(=O)OC)C1. The van der Waals surface area contributed by atoms with Gasteiger partial charge in [-0.05, 0) is 32.3 Å². The molecule has 0 aromatic carbocycles. The Bertz CT molecular complexity index is 670. The summed E-state index contributed by atoms with van der Waals surface area (Å²) in [6, 6.07) is 1.76. The van der Waals surface area contributed by atoms with Gasteiger partial charge in [0.2, 0.25) is 0 Å². The van der Waals surface area contributed by atoms with Crippen molar-refractivity contribution in [3.63, 3.8) is 0 Å². The van der Waals surface area contributed by atoms with E-state index in [1.807, 2.05) is 13.8 Å². The molecule has 8 heteroatoms. The Morgan fingerprint density at radius 1 is 1.37 bits per heavy atom. The van der Waals surface area contributed by atoms with Crippen LogP contribution in [0.15, 0.2) is 21.7 Å². The fourth-order valence-corrected chi connectivity index (χ4v) is 3.18. The Balaban J connectivity index is 1.82. The van der Waals surface area contributed by atoms with E-state index in [4.69, 9.17) is 9.15 Å². The van der Waals surface area contributed by atoms with Crippen molar-refractivity contribution in [2.24, 2.45) is 16.8 Å². The molecule has 8 nitrogen and oxygen atoms in total. The Labute approximate surface area is 160 Å². The summed E-state index contributed by atoms with van der Waals surface area (Å²) in [5.74, 6) is 0.863. The van der Waals surface area contributed by atoms with Crippen molar-refractivity contribution in [3.05, 3.63) is 23.7 Å². The van der Waals surface area contributed by atoms with Crippen LogP contribution in [0.5, 0.6) is 0 Å². The van der Waals surface area contributed by atoms with Gasteiger partial charge < -0.3 is 24.7 Å². The fraction of sp³-hybridized carbons (Fsp3) is 0.632. The predicted octanol–water partition coefficient (Wildman–Crippen LogP) is 1.41. The van der Waals surface area contributed by atoms with Crippen molar-refractivity contribution in [3.8, 4) is 0 Å². The Morgan fingerprint density at radius 2 is 2.15 bits per heavy atom. The van der Waals surface area contributed by atoms with Crippen LogP contribution in [-0.4, -0.2) is 62.6 Å². The number of hydrogen-bond acceptors (Lipinski definition) is 5. The van der Waals surface area contributed by atoms with Gasteiger partial charge in [-0.1, -0.05) is 6.92 Å². The molecule has 27 heavy (non-hydrogen) atoms. The fourth-order valence-electron chi connectivity index (χ4n) is 3.18. The highest BCUT2D eigenvalue weighted by Crippen LogP contribution is 2.24. The number of amides is 1. The van der Waals surface area contributed by atoms with E-state index in [1.54, 1.807) is 6.07 Å². The van der Waals surface area contributed by atoms with E-state index in [0.29, 0.717) is 31.8 Å². The van der Waals surface area contributed by atoms with Crippen LogP contribution in [-0.2, 0) is 9.53 Å². The van der Waals surface area contributed by atoms with E-state index in [2.05, 4.69) is 27.4 Å². The summed E-state index contributed by atoms with van der Waals surface area (Å²) < 4.78 is 10.1. The van der Waals surface area contributed by atoms with E-state index in [9.17, 15) is 9.59 Å². The first-order chi connectivity index (χ1) is 13.0. The number of carbonyl (C=O) groups excluding carboxylic acids is 2. The minimum absolute atomic E-state index is 0.130. The van der Waals surface area contributed by atoms with Gasteiger partial charge in [0.1, 0.15) is 0 Å². The summed E-state index contributed by atoms with van der Waals surface area (Å²) in [6.45, 7) is 9.12. The highest BCUT2D eigenvalue weighted by Gasteiger charge is 2.36. The number of guanidine groups is 1. The zero-order chi connectivity index (χ0) is 19.8. The molecular formula is C19H30N4O4. The molecule has 1 aromatic heterocycles. The molecule has 1 aliphatic rings. The summed E-state index contributed by atoms with van der Waals surface area (Å²) >= 11 is 0. The highest BCUT2D eigenvalue weighted by atomic mass is 16.5. The number of aryl methyl sites for hydroxylation is 1. The van der Waals surface area contributed by atoms with E-state index in [1.165, 1.54) is 13.4 Å². The number of esters is 1. The van der Waals surface area contributed by atoms with Crippen LogP contribution in [0.1, 0.15) is 36.4 Å². The van der Waals surface area contributed by atoms with Gasteiger partial charge in [0.25, 0.3) is 5.91 Å². The topological polar surface area (TPSA) is 96.2 Å². The Morgan fingerprint density at radius 3 is 2.78 bits per heavy atom. The van der Waals surface area contributed by atoms with Gasteiger partial charge in [-0.25, -0.2) is 0 Å². The van der Waals surface area contributed by atoms with Gasteiger partial charge >= 0.3 is 5.97 Å². The van der Waals surface area contributed by atoms with Gasteiger partial charge in [-0.15, -0.1) is 0 Å². The molecule has 2 unspecified atom stereocenters. The molecule has 1 aliphatic heterocycles. The number of nitrogens with one attached hydrogen (secondary N) is 2. The number of nitrogens with zero attached hydrogens (tertiary/aromatic N) is 2. The molecule has 0 bridgehead atoms. The molecule has 0 spiro atoms. The smallest absolute Gasteiger partial charge is 0.310 e. The Hall–Kier alpha value is -2.51. The second kappa shape index (κ2) is 9.99.